The van der Waals surface area contributed by atoms with Crippen molar-refractivity contribution < 1.29 is 9.53 Å². The zero-order valence-corrected chi connectivity index (χ0v) is 7.23. The number of azide groups is 1. The molecule has 6 nitrogen and oxygen atoms in total. The van der Waals surface area contributed by atoms with Crippen molar-refractivity contribution in [2.45, 2.75) is 0 Å². The fraction of sp³-hybridized carbons (Fsp3) is 0.833. The molecule has 0 unspecified atom stereocenters. The van der Waals surface area contributed by atoms with Gasteiger partial charge in [-0.1, -0.05) is 5.11 Å². The number of carbonyl (C=O) groups is 1. The summed E-state index contributed by atoms with van der Waals surface area (Å²) in [5.41, 5.74) is 7.95. The highest BCUT2D eigenvalue weighted by Crippen LogP contribution is 1.85. The first-order valence-corrected chi connectivity index (χ1v) is 3.46. The molecular weight excluding hydrogens is 160 g/mol. The Morgan fingerprint density at radius 1 is 1.75 bits per heavy atom. The Morgan fingerprint density at radius 3 is 2.92 bits per heavy atom. The molecule has 0 radical (unpaired) electrons. The molecule has 0 bridgehead atoms. The third kappa shape index (κ3) is 4.54. The van der Waals surface area contributed by atoms with Gasteiger partial charge in [-0.15, -0.1) is 0 Å². The fourth-order valence-corrected chi connectivity index (χ4v) is 0.598. The van der Waals surface area contributed by atoms with Gasteiger partial charge in [-0.05, 0) is 5.53 Å². The van der Waals surface area contributed by atoms with Gasteiger partial charge in [0, 0.05) is 32.2 Å². The van der Waals surface area contributed by atoms with E-state index in [-0.39, 0.29) is 12.5 Å². The lowest BCUT2D eigenvalue weighted by molar-refractivity contribution is -0.133. The van der Waals surface area contributed by atoms with Crippen LogP contribution in [0.2, 0.25) is 0 Å². The molecule has 68 valence electrons. The third-order valence-corrected chi connectivity index (χ3v) is 1.29. The van der Waals surface area contributed by atoms with Crippen LogP contribution >= 0.6 is 0 Å². The van der Waals surface area contributed by atoms with E-state index in [1.165, 1.54) is 12.0 Å². The average molecular weight is 172 g/mol. The summed E-state index contributed by atoms with van der Waals surface area (Å²) in [6.07, 6.45) is 0. The monoisotopic (exact) mass is 172 g/mol. The molecule has 0 aromatic rings. The van der Waals surface area contributed by atoms with Gasteiger partial charge >= 0.3 is 0 Å². The van der Waals surface area contributed by atoms with Crippen LogP contribution in [-0.2, 0) is 9.53 Å². The van der Waals surface area contributed by atoms with Crippen LogP contribution in [0.5, 0.6) is 0 Å². The molecular formula is C6H12N4O2. The number of hydrogen-bond acceptors (Lipinski definition) is 3. The van der Waals surface area contributed by atoms with Gasteiger partial charge in [0.1, 0.15) is 6.61 Å². The predicted octanol–water partition coefficient (Wildman–Crippen LogP) is 0.401. The number of amides is 1. The Balaban J connectivity index is 3.63. The van der Waals surface area contributed by atoms with E-state index in [1.54, 1.807) is 7.05 Å². The molecule has 0 aliphatic rings. The molecule has 0 aromatic heterocycles. The second kappa shape index (κ2) is 6.45. The standard InChI is InChI=1S/C6H12N4O2/c1-10(4-3-8-9-7)6(11)5-12-2/h3-5H2,1-2H3. The highest BCUT2D eigenvalue weighted by molar-refractivity contribution is 5.77. The minimum atomic E-state index is -0.120. The predicted molar refractivity (Wildman–Crippen MR) is 43.5 cm³/mol. The highest BCUT2D eigenvalue weighted by atomic mass is 16.5. The van der Waals surface area contributed by atoms with E-state index < -0.39 is 0 Å². The summed E-state index contributed by atoms with van der Waals surface area (Å²) in [6, 6.07) is 0. The maximum absolute atomic E-state index is 11.0. The van der Waals surface area contributed by atoms with E-state index in [9.17, 15) is 4.79 Å². The van der Waals surface area contributed by atoms with Crippen LogP contribution < -0.4 is 0 Å². The van der Waals surface area contributed by atoms with Gasteiger partial charge in [0.15, 0.2) is 0 Å². The van der Waals surface area contributed by atoms with Gasteiger partial charge in [-0.3, -0.25) is 4.79 Å². The highest BCUT2D eigenvalue weighted by Gasteiger charge is 2.05. The third-order valence-electron chi connectivity index (χ3n) is 1.29. The minimum Gasteiger partial charge on any atom is -0.375 e. The van der Waals surface area contributed by atoms with Crippen LogP contribution in [0, 0.1) is 0 Å². The second-order valence-corrected chi connectivity index (χ2v) is 2.20. The molecule has 0 N–H and O–H groups in total. The first kappa shape index (κ1) is 10.7. The Bertz CT molecular complexity index is 188. The Morgan fingerprint density at radius 2 is 2.42 bits per heavy atom. The van der Waals surface area contributed by atoms with Gasteiger partial charge < -0.3 is 9.64 Å². The van der Waals surface area contributed by atoms with Crippen molar-refractivity contribution in [1.29, 1.82) is 0 Å². The number of rotatable bonds is 5. The van der Waals surface area contributed by atoms with Crippen molar-refractivity contribution in [2.24, 2.45) is 5.11 Å². The van der Waals surface area contributed by atoms with Crippen molar-refractivity contribution in [3.63, 3.8) is 0 Å². The lowest BCUT2D eigenvalue weighted by Gasteiger charge is -2.14. The Kier molecular flexibility index (Phi) is 5.77. The zero-order chi connectivity index (χ0) is 9.40. The van der Waals surface area contributed by atoms with Gasteiger partial charge in [0.25, 0.3) is 0 Å². The Labute approximate surface area is 70.7 Å². The molecule has 0 saturated carbocycles. The maximum Gasteiger partial charge on any atom is 0.248 e. The number of likely N-dealkylation sites (N-methyl/N-ethyl adjacent to an activating group) is 1. The first-order chi connectivity index (χ1) is 5.72. The molecule has 0 atom stereocenters. The van der Waals surface area contributed by atoms with Crippen LogP contribution in [0.15, 0.2) is 5.11 Å². The topological polar surface area (TPSA) is 78.3 Å². The Hall–Kier alpha value is -1.26. The van der Waals surface area contributed by atoms with E-state index in [0.29, 0.717) is 13.1 Å². The molecule has 0 rings (SSSR count). The van der Waals surface area contributed by atoms with Crippen LogP contribution in [0.3, 0.4) is 0 Å². The largest absolute Gasteiger partial charge is 0.375 e. The van der Waals surface area contributed by atoms with Crippen molar-refractivity contribution >= 4 is 5.91 Å². The molecule has 0 saturated heterocycles. The van der Waals surface area contributed by atoms with E-state index in [4.69, 9.17) is 5.53 Å². The van der Waals surface area contributed by atoms with Crippen molar-refractivity contribution in [3.8, 4) is 0 Å². The lowest BCUT2D eigenvalue weighted by Crippen LogP contribution is -2.31. The fourth-order valence-electron chi connectivity index (χ4n) is 0.598. The molecule has 0 spiro atoms. The van der Waals surface area contributed by atoms with Gasteiger partial charge in [0.2, 0.25) is 5.91 Å². The normalized spacial score (nSPS) is 8.83. The quantitative estimate of drug-likeness (QED) is 0.342. The van der Waals surface area contributed by atoms with E-state index in [0.717, 1.165) is 0 Å². The van der Waals surface area contributed by atoms with E-state index >= 15 is 0 Å². The first-order valence-electron chi connectivity index (χ1n) is 3.46. The van der Waals surface area contributed by atoms with E-state index in [2.05, 4.69) is 14.8 Å². The van der Waals surface area contributed by atoms with Crippen LogP contribution in [0.1, 0.15) is 0 Å². The molecule has 12 heavy (non-hydrogen) atoms. The van der Waals surface area contributed by atoms with Crippen LogP contribution in [0.4, 0.5) is 0 Å². The van der Waals surface area contributed by atoms with E-state index in [1.807, 2.05) is 0 Å². The summed E-state index contributed by atoms with van der Waals surface area (Å²) in [5, 5.41) is 3.30. The van der Waals surface area contributed by atoms with Gasteiger partial charge in [-0.25, -0.2) is 0 Å². The summed E-state index contributed by atoms with van der Waals surface area (Å²) in [6.45, 7) is 0.779. The molecule has 0 aliphatic carbocycles. The van der Waals surface area contributed by atoms with Crippen molar-refractivity contribution in [1.82, 2.24) is 4.90 Å². The lowest BCUT2D eigenvalue weighted by atomic mass is 10.5. The average Bonchev–Trinajstić information content (AvgIpc) is 2.05. The summed E-state index contributed by atoms with van der Waals surface area (Å²) in [7, 11) is 3.09. The zero-order valence-electron chi connectivity index (χ0n) is 7.23. The van der Waals surface area contributed by atoms with Crippen molar-refractivity contribution in [3.05, 3.63) is 10.4 Å². The molecule has 0 fully saturated rings. The minimum absolute atomic E-state index is 0.0623. The SMILES string of the molecule is COCC(=O)N(C)CCN=[N+]=[N-]. The summed E-state index contributed by atoms with van der Waals surface area (Å²) in [5.74, 6) is -0.120. The summed E-state index contributed by atoms with van der Waals surface area (Å²) in [4.78, 5) is 15.0. The molecule has 6 heteroatoms. The number of hydrogen-bond donors (Lipinski definition) is 0. The number of methoxy groups -OCH3 is 1. The number of carbonyl (C=O) groups excluding carboxylic acids is 1. The summed E-state index contributed by atoms with van der Waals surface area (Å²) >= 11 is 0. The number of nitrogens with zero attached hydrogens (tertiary/aromatic N) is 4. The molecule has 1 amide bonds. The summed E-state index contributed by atoms with van der Waals surface area (Å²) < 4.78 is 4.64. The molecule has 0 aliphatic heterocycles. The van der Waals surface area contributed by atoms with Crippen LogP contribution in [0.25, 0.3) is 10.4 Å². The molecule has 0 heterocycles. The number of ether oxygens (including phenoxy) is 1. The smallest absolute Gasteiger partial charge is 0.248 e. The maximum atomic E-state index is 11.0. The molecule has 0 aromatic carbocycles. The van der Waals surface area contributed by atoms with Crippen molar-refractivity contribution in [2.75, 3.05) is 33.9 Å². The van der Waals surface area contributed by atoms with Gasteiger partial charge in [-0.2, -0.15) is 0 Å². The van der Waals surface area contributed by atoms with Gasteiger partial charge in [0.05, 0.1) is 0 Å². The van der Waals surface area contributed by atoms with Crippen LogP contribution in [-0.4, -0.2) is 44.7 Å². The second-order valence-electron chi connectivity index (χ2n) is 2.20.